The lowest BCUT2D eigenvalue weighted by molar-refractivity contribution is -0.141. The first-order chi connectivity index (χ1) is 12.7. The van der Waals surface area contributed by atoms with Crippen molar-refractivity contribution in [1.82, 2.24) is 9.97 Å². The van der Waals surface area contributed by atoms with Gasteiger partial charge in [0, 0.05) is 37.3 Å². The van der Waals surface area contributed by atoms with Gasteiger partial charge >= 0.3 is 5.97 Å². The van der Waals surface area contributed by atoms with E-state index in [1.165, 1.54) is 27.5 Å². The van der Waals surface area contributed by atoms with E-state index in [-0.39, 0.29) is 5.69 Å². The Morgan fingerprint density at radius 2 is 1.70 bits per heavy atom. The van der Waals surface area contributed by atoms with Gasteiger partial charge in [-0.3, -0.25) is 4.79 Å². The fraction of sp³-hybridized carbons (Fsp3) is 0.353. The first kappa shape index (κ1) is 21.2. The molecule has 8 nitrogen and oxygen atoms in total. The van der Waals surface area contributed by atoms with E-state index >= 15 is 0 Å². The number of hydrogen-bond acceptors (Lipinski definition) is 8. The topological polar surface area (TPSA) is 105 Å². The number of rotatable bonds is 7. The van der Waals surface area contributed by atoms with Crippen LogP contribution in [0.25, 0.3) is 0 Å². The highest BCUT2D eigenvalue weighted by atomic mass is 35.5. The molecule has 10 heteroatoms. The third-order valence-corrected chi connectivity index (χ3v) is 4.87. The largest absolute Gasteiger partial charge is 0.468 e. The summed E-state index contributed by atoms with van der Waals surface area (Å²) in [5.74, 6) is -1.67. The molecule has 27 heavy (non-hydrogen) atoms. The predicted octanol–water partition coefficient (Wildman–Crippen LogP) is 2.13. The number of carbonyl (C=O) groups excluding carboxylic acids is 1. The molecule has 0 radical (unpaired) electrons. The molecule has 0 N–H and O–H groups in total. The average Bonchev–Trinajstić information content (AvgIpc) is 2.64. The highest BCUT2D eigenvalue weighted by Crippen LogP contribution is 2.32. The molecule has 146 valence electrons. The van der Waals surface area contributed by atoms with Gasteiger partial charge in [0.2, 0.25) is 15.0 Å². The maximum Gasteiger partial charge on any atom is 0.319 e. The third-order valence-electron chi connectivity index (χ3n) is 3.75. The number of benzene rings is 1. The molecule has 0 bridgehead atoms. The normalized spacial score (nSPS) is 12.8. The smallest absolute Gasteiger partial charge is 0.319 e. The number of aromatic nitrogens is 2. The van der Waals surface area contributed by atoms with Gasteiger partial charge in [-0.05, 0) is 17.7 Å². The van der Waals surface area contributed by atoms with Crippen molar-refractivity contribution in [2.75, 3.05) is 27.6 Å². The number of sulfone groups is 1. The standard InChI is InChI=1S/C17H19ClN2O6S/c1-24-15(21)13(10-5-7-11(18)8-6-10)14-12(16(25-2)26-3)9-19-17(20-14)27(4,22)23/h5-9,13,16H,1-4H3. The summed E-state index contributed by atoms with van der Waals surface area (Å²) in [5.41, 5.74) is 0.919. The maximum atomic E-state index is 12.6. The molecular formula is C17H19ClN2O6S. The highest BCUT2D eigenvalue weighted by Gasteiger charge is 2.32. The van der Waals surface area contributed by atoms with E-state index in [4.69, 9.17) is 25.8 Å². The summed E-state index contributed by atoms with van der Waals surface area (Å²) in [6.07, 6.45) is 1.33. The van der Waals surface area contributed by atoms with Gasteiger partial charge < -0.3 is 14.2 Å². The van der Waals surface area contributed by atoms with Gasteiger partial charge in [-0.25, -0.2) is 18.4 Å². The van der Waals surface area contributed by atoms with Crippen LogP contribution in [0.4, 0.5) is 0 Å². The molecule has 1 aromatic heterocycles. The van der Waals surface area contributed by atoms with E-state index in [0.717, 1.165) is 6.26 Å². The van der Waals surface area contributed by atoms with Crippen LogP contribution in [0.3, 0.4) is 0 Å². The van der Waals surface area contributed by atoms with Crippen molar-refractivity contribution in [2.45, 2.75) is 17.4 Å². The van der Waals surface area contributed by atoms with E-state index in [9.17, 15) is 13.2 Å². The van der Waals surface area contributed by atoms with Crippen LogP contribution in [0, 0.1) is 0 Å². The Morgan fingerprint density at radius 3 is 2.19 bits per heavy atom. The second-order valence-corrected chi connectivity index (χ2v) is 7.92. The fourth-order valence-corrected chi connectivity index (χ4v) is 3.14. The first-order valence-electron chi connectivity index (χ1n) is 7.68. The van der Waals surface area contributed by atoms with Crippen LogP contribution in [0.2, 0.25) is 5.02 Å². The molecule has 2 rings (SSSR count). The van der Waals surface area contributed by atoms with Gasteiger partial charge in [0.15, 0.2) is 6.29 Å². The number of carbonyl (C=O) groups is 1. The number of halogens is 1. The van der Waals surface area contributed by atoms with Gasteiger partial charge in [-0.1, -0.05) is 23.7 Å². The van der Waals surface area contributed by atoms with Crippen molar-refractivity contribution < 1.29 is 27.4 Å². The van der Waals surface area contributed by atoms with E-state index in [0.29, 0.717) is 16.1 Å². The zero-order valence-corrected chi connectivity index (χ0v) is 16.7. The molecule has 0 aliphatic heterocycles. The van der Waals surface area contributed by atoms with Gasteiger partial charge in [0.05, 0.1) is 12.8 Å². The summed E-state index contributed by atoms with van der Waals surface area (Å²) in [5, 5.41) is 0.0591. The van der Waals surface area contributed by atoms with E-state index in [1.54, 1.807) is 24.3 Å². The van der Waals surface area contributed by atoms with Crippen LogP contribution in [0.5, 0.6) is 0 Å². The van der Waals surface area contributed by atoms with Gasteiger partial charge in [0.1, 0.15) is 5.92 Å². The third kappa shape index (κ3) is 4.81. The summed E-state index contributed by atoms with van der Waals surface area (Å²) in [6, 6.07) is 6.47. The Labute approximate surface area is 162 Å². The number of methoxy groups -OCH3 is 3. The van der Waals surface area contributed by atoms with Crippen LogP contribution in [-0.2, 0) is 28.8 Å². The molecule has 0 amide bonds. The molecule has 1 aromatic carbocycles. The molecule has 1 heterocycles. The zero-order chi connectivity index (χ0) is 20.2. The minimum absolute atomic E-state index is 0.105. The first-order valence-corrected chi connectivity index (χ1v) is 9.95. The number of nitrogens with zero attached hydrogens (tertiary/aromatic N) is 2. The van der Waals surface area contributed by atoms with Gasteiger partial charge in [-0.2, -0.15) is 0 Å². The summed E-state index contributed by atoms with van der Waals surface area (Å²) in [7, 11) is 0.318. The minimum Gasteiger partial charge on any atom is -0.468 e. The van der Waals surface area contributed by atoms with Gasteiger partial charge in [0.25, 0.3) is 0 Å². The molecular weight excluding hydrogens is 396 g/mol. The monoisotopic (exact) mass is 414 g/mol. The molecule has 0 fully saturated rings. The van der Waals surface area contributed by atoms with Crippen molar-refractivity contribution in [1.29, 1.82) is 0 Å². The van der Waals surface area contributed by atoms with Crippen molar-refractivity contribution in [2.24, 2.45) is 0 Å². The molecule has 0 spiro atoms. The lowest BCUT2D eigenvalue weighted by Gasteiger charge is -2.22. The highest BCUT2D eigenvalue weighted by molar-refractivity contribution is 7.90. The second-order valence-electron chi connectivity index (χ2n) is 5.58. The SMILES string of the molecule is COC(=O)C(c1ccc(Cl)cc1)c1nc(S(C)(=O)=O)ncc1C(OC)OC. The number of ether oxygens (including phenoxy) is 3. The lowest BCUT2D eigenvalue weighted by atomic mass is 9.92. The van der Waals surface area contributed by atoms with Crippen LogP contribution in [-0.4, -0.2) is 51.9 Å². The molecule has 0 aliphatic carbocycles. The van der Waals surface area contributed by atoms with Crippen LogP contribution in [0.15, 0.2) is 35.6 Å². The van der Waals surface area contributed by atoms with E-state index < -0.39 is 33.2 Å². The summed E-state index contributed by atoms with van der Waals surface area (Å²) in [4.78, 5) is 20.6. The predicted molar refractivity (Wildman–Crippen MR) is 97.2 cm³/mol. The Morgan fingerprint density at radius 1 is 1.11 bits per heavy atom. The minimum atomic E-state index is -3.71. The van der Waals surface area contributed by atoms with Crippen LogP contribution >= 0.6 is 11.6 Å². The van der Waals surface area contributed by atoms with Gasteiger partial charge in [-0.15, -0.1) is 0 Å². The summed E-state index contributed by atoms with van der Waals surface area (Å²) < 4.78 is 39.3. The Bertz CT molecular complexity index is 914. The molecule has 0 saturated carbocycles. The van der Waals surface area contributed by atoms with Crippen LogP contribution in [0.1, 0.15) is 29.0 Å². The van der Waals surface area contributed by atoms with E-state index in [1.807, 2.05) is 0 Å². The van der Waals surface area contributed by atoms with Crippen molar-refractivity contribution in [3.05, 3.63) is 52.3 Å². The Hall–Kier alpha value is -2.07. The quantitative estimate of drug-likeness (QED) is 0.385. The molecule has 1 unspecified atom stereocenters. The van der Waals surface area contributed by atoms with E-state index in [2.05, 4.69) is 9.97 Å². The second kappa shape index (κ2) is 8.75. The lowest BCUT2D eigenvalue weighted by Crippen LogP contribution is -2.22. The zero-order valence-electron chi connectivity index (χ0n) is 15.2. The molecule has 2 aromatic rings. The van der Waals surface area contributed by atoms with Crippen molar-refractivity contribution in [3.63, 3.8) is 0 Å². The van der Waals surface area contributed by atoms with Crippen molar-refractivity contribution in [3.8, 4) is 0 Å². The maximum absolute atomic E-state index is 12.6. The molecule has 0 aliphatic rings. The molecule has 0 saturated heterocycles. The van der Waals surface area contributed by atoms with Crippen molar-refractivity contribution >= 4 is 27.4 Å². The van der Waals surface area contributed by atoms with Crippen LogP contribution < -0.4 is 0 Å². The fourth-order valence-electron chi connectivity index (χ4n) is 2.51. The Kier molecular flexibility index (Phi) is 6.88. The summed E-state index contributed by atoms with van der Waals surface area (Å²) >= 11 is 5.93. The number of hydrogen-bond donors (Lipinski definition) is 0. The molecule has 1 atom stereocenters. The average molecular weight is 415 g/mol. The number of esters is 1. The Balaban J connectivity index is 2.77. The summed E-state index contributed by atoms with van der Waals surface area (Å²) in [6.45, 7) is 0.